The van der Waals surface area contributed by atoms with Crippen molar-refractivity contribution in [1.29, 1.82) is 0 Å². The zero-order chi connectivity index (χ0) is 10.9. The van der Waals surface area contributed by atoms with Crippen molar-refractivity contribution in [2.24, 2.45) is 0 Å². The Morgan fingerprint density at radius 3 is 2.36 bits per heavy atom. The molecular weight excluding hydrogens is 270 g/mol. The Labute approximate surface area is 84.8 Å². The van der Waals surface area contributed by atoms with E-state index in [-0.39, 0.29) is 4.47 Å². The van der Waals surface area contributed by atoms with Gasteiger partial charge in [-0.3, -0.25) is 0 Å². The molecule has 2 N–H and O–H groups in total. The summed E-state index contributed by atoms with van der Waals surface area (Å²) in [5, 5.41) is 0. The van der Waals surface area contributed by atoms with Gasteiger partial charge in [-0.05, 0) is 28.1 Å². The van der Waals surface area contributed by atoms with E-state index in [1.807, 2.05) is 0 Å². The zero-order valence-electron chi connectivity index (χ0n) is 6.53. The Bertz CT molecular complexity index is 352. The number of halogens is 5. The molecule has 2 nitrogen and oxygen atoms in total. The van der Waals surface area contributed by atoms with Gasteiger partial charge in [-0.2, -0.15) is 0 Å². The third kappa shape index (κ3) is 2.50. The average Bonchev–Trinajstić information content (AvgIpc) is 2.04. The summed E-state index contributed by atoms with van der Waals surface area (Å²) in [7, 11) is 0. The summed E-state index contributed by atoms with van der Waals surface area (Å²) in [5.74, 6) is -1.39. The summed E-state index contributed by atoms with van der Waals surface area (Å²) in [4.78, 5) is 0. The molecule has 1 rings (SSSR count). The molecule has 7 heteroatoms. The number of nitrogen functional groups attached to an aromatic ring is 1. The van der Waals surface area contributed by atoms with E-state index in [2.05, 4.69) is 20.7 Å². The fourth-order valence-electron chi connectivity index (χ4n) is 0.753. The minimum atomic E-state index is -4.83. The third-order valence-corrected chi connectivity index (χ3v) is 2.13. The van der Waals surface area contributed by atoms with E-state index in [1.165, 1.54) is 0 Å². The summed E-state index contributed by atoms with van der Waals surface area (Å²) in [6.07, 6.45) is -4.83. The summed E-state index contributed by atoms with van der Waals surface area (Å²) in [6.45, 7) is 0. The maximum Gasteiger partial charge on any atom is 0.573 e. The van der Waals surface area contributed by atoms with Crippen molar-refractivity contribution in [1.82, 2.24) is 0 Å². The molecule has 1 aromatic carbocycles. The number of ether oxygens (including phenoxy) is 1. The van der Waals surface area contributed by atoms with E-state index in [9.17, 15) is 17.6 Å². The normalized spacial score (nSPS) is 11.5. The number of anilines is 1. The van der Waals surface area contributed by atoms with Crippen molar-refractivity contribution < 1.29 is 22.3 Å². The van der Waals surface area contributed by atoms with Gasteiger partial charge >= 0.3 is 6.36 Å². The second-order valence-corrected chi connectivity index (χ2v) is 3.11. The van der Waals surface area contributed by atoms with Crippen LogP contribution in [0.15, 0.2) is 16.6 Å². The maximum absolute atomic E-state index is 12.7. The Kier molecular flexibility index (Phi) is 2.89. The van der Waals surface area contributed by atoms with Gasteiger partial charge in [-0.15, -0.1) is 13.2 Å². The van der Waals surface area contributed by atoms with Gasteiger partial charge < -0.3 is 10.5 Å². The highest BCUT2D eigenvalue weighted by Crippen LogP contribution is 2.35. The van der Waals surface area contributed by atoms with Crippen molar-refractivity contribution in [3.05, 3.63) is 22.4 Å². The lowest BCUT2D eigenvalue weighted by Gasteiger charge is -2.11. The van der Waals surface area contributed by atoms with Gasteiger partial charge in [0.15, 0.2) is 0 Å². The first-order chi connectivity index (χ1) is 6.31. The van der Waals surface area contributed by atoms with Crippen LogP contribution in [0.25, 0.3) is 0 Å². The standard InChI is InChI=1S/C7H4BrF4NO/c8-5-4(14-7(10,11)12)2-1-3(9)6(5)13/h1-2H,13H2. The molecule has 14 heavy (non-hydrogen) atoms. The molecule has 0 aromatic heterocycles. The molecule has 0 unspecified atom stereocenters. The van der Waals surface area contributed by atoms with Gasteiger partial charge in [0.25, 0.3) is 0 Å². The van der Waals surface area contributed by atoms with Crippen LogP contribution < -0.4 is 10.5 Å². The van der Waals surface area contributed by atoms with Crippen LogP contribution in [0.4, 0.5) is 23.2 Å². The monoisotopic (exact) mass is 273 g/mol. The van der Waals surface area contributed by atoms with E-state index in [0.717, 1.165) is 12.1 Å². The van der Waals surface area contributed by atoms with Crippen LogP contribution in [0.2, 0.25) is 0 Å². The van der Waals surface area contributed by atoms with Crippen LogP contribution in [0.3, 0.4) is 0 Å². The van der Waals surface area contributed by atoms with E-state index in [4.69, 9.17) is 5.73 Å². The third-order valence-electron chi connectivity index (χ3n) is 1.32. The Balaban J connectivity index is 3.06. The second-order valence-electron chi connectivity index (χ2n) is 2.32. The van der Waals surface area contributed by atoms with Crippen molar-refractivity contribution in [2.45, 2.75) is 6.36 Å². The number of rotatable bonds is 1. The van der Waals surface area contributed by atoms with Crippen LogP contribution in [0.5, 0.6) is 5.75 Å². The van der Waals surface area contributed by atoms with Crippen LogP contribution >= 0.6 is 15.9 Å². The highest BCUT2D eigenvalue weighted by atomic mass is 79.9. The lowest BCUT2D eigenvalue weighted by molar-refractivity contribution is -0.274. The molecule has 0 atom stereocenters. The SMILES string of the molecule is Nc1c(F)ccc(OC(F)(F)F)c1Br. The van der Waals surface area contributed by atoms with Crippen molar-refractivity contribution in [3.63, 3.8) is 0 Å². The second kappa shape index (κ2) is 3.64. The summed E-state index contributed by atoms with van der Waals surface area (Å²) < 4.78 is 51.3. The van der Waals surface area contributed by atoms with E-state index >= 15 is 0 Å². The highest BCUT2D eigenvalue weighted by molar-refractivity contribution is 9.10. The first kappa shape index (κ1) is 11.1. The van der Waals surface area contributed by atoms with Crippen molar-refractivity contribution >= 4 is 21.6 Å². The van der Waals surface area contributed by atoms with Crippen LogP contribution in [-0.2, 0) is 0 Å². The molecule has 78 valence electrons. The number of alkyl halides is 3. The Morgan fingerprint density at radius 2 is 1.86 bits per heavy atom. The molecular formula is C7H4BrF4NO. The molecule has 0 radical (unpaired) electrons. The van der Waals surface area contributed by atoms with E-state index in [0.29, 0.717) is 0 Å². The van der Waals surface area contributed by atoms with Gasteiger partial charge in [0.2, 0.25) is 0 Å². The molecule has 0 saturated carbocycles. The quantitative estimate of drug-likeness (QED) is 0.631. The van der Waals surface area contributed by atoms with Crippen LogP contribution in [0.1, 0.15) is 0 Å². The van der Waals surface area contributed by atoms with Gasteiger partial charge in [-0.1, -0.05) is 0 Å². The fourth-order valence-corrected chi connectivity index (χ4v) is 1.16. The predicted molar refractivity (Wildman–Crippen MR) is 45.2 cm³/mol. The first-order valence-electron chi connectivity index (χ1n) is 3.30. The molecule has 0 aliphatic carbocycles. The number of hydrogen-bond donors (Lipinski definition) is 1. The van der Waals surface area contributed by atoms with E-state index < -0.39 is 23.6 Å². The topological polar surface area (TPSA) is 35.2 Å². The lowest BCUT2D eigenvalue weighted by Crippen LogP contribution is -2.17. The van der Waals surface area contributed by atoms with Crippen molar-refractivity contribution in [2.75, 3.05) is 5.73 Å². The molecule has 0 aliphatic heterocycles. The zero-order valence-corrected chi connectivity index (χ0v) is 8.12. The highest BCUT2D eigenvalue weighted by Gasteiger charge is 2.32. The fraction of sp³-hybridized carbons (Fsp3) is 0.143. The minimum absolute atomic E-state index is 0.255. The van der Waals surface area contributed by atoms with Crippen LogP contribution in [-0.4, -0.2) is 6.36 Å². The maximum atomic E-state index is 12.7. The van der Waals surface area contributed by atoms with Crippen LogP contribution in [0, 0.1) is 5.82 Å². The molecule has 0 amide bonds. The Hall–Kier alpha value is -0.980. The van der Waals surface area contributed by atoms with Gasteiger partial charge in [0.1, 0.15) is 11.6 Å². The van der Waals surface area contributed by atoms with Gasteiger partial charge in [0, 0.05) is 0 Å². The summed E-state index contributed by atoms with van der Waals surface area (Å²) in [6, 6.07) is 1.63. The summed E-state index contributed by atoms with van der Waals surface area (Å²) in [5.41, 5.74) is 4.71. The van der Waals surface area contributed by atoms with E-state index in [1.54, 1.807) is 0 Å². The molecule has 0 heterocycles. The molecule has 0 aliphatic rings. The largest absolute Gasteiger partial charge is 0.573 e. The van der Waals surface area contributed by atoms with Crippen molar-refractivity contribution in [3.8, 4) is 5.75 Å². The van der Waals surface area contributed by atoms with Gasteiger partial charge in [-0.25, -0.2) is 4.39 Å². The minimum Gasteiger partial charge on any atom is -0.404 e. The Morgan fingerprint density at radius 1 is 1.29 bits per heavy atom. The molecule has 0 saturated heterocycles. The molecule has 0 fully saturated rings. The summed E-state index contributed by atoms with van der Waals surface area (Å²) >= 11 is 2.69. The average molecular weight is 274 g/mol. The molecule has 1 aromatic rings. The van der Waals surface area contributed by atoms with Gasteiger partial charge in [0.05, 0.1) is 10.2 Å². The number of nitrogens with two attached hydrogens (primary N) is 1. The number of benzene rings is 1. The lowest BCUT2D eigenvalue weighted by atomic mass is 10.3. The predicted octanol–water partition coefficient (Wildman–Crippen LogP) is 3.07. The smallest absolute Gasteiger partial charge is 0.404 e. The molecule has 0 bridgehead atoms. The number of hydrogen-bond acceptors (Lipinski definition) is 2. The first-order valence-corrected chi connectivity index (χ1v) is 4.10. The molecule has 0 spiro atoms.